The van der Waals surface area contributed by atoms with Gasteiger partial charge < -0.3 is 9.88 Å². The van der Waals surface area contributed by atoms with Crippen LogP contribution in [0.25, 0.3) is 0 Å². The SMILES string of the molecule is Cc1ccc(Cn2c3c(c(C)c2C(=O)NC(C)c2ccccc2)CCCC3)cc1. The van der Waals surface area contributed by atoms with Crippen molar-refractivity contribution in [1.29, 1.82) is 0 Å². The Morgan fingerprint density at radius 1 is 1.00 bits per heavy atom. The molecule has 1 aliphatic carbocycles. The predicted octanol–water partition coefficient (Wildman–Crippen LogP) is 5.52. The number of nitrogens with one attached hydrogen (secondary N) is 1. The van der Waals surface area contributed by atoms with Crippen LogP contribution in [0.5, 0.6) is 0 Å². The lowest BCUT2D eigenvalue weighted by Gasteiger charge is -2.19. The Morgan fingerprint density at radius 2 is 1.69 bits per heavy atom. The highest BCUT2D eigenvalue weighted by atomic mass is 16.2. The number of hydrogen-bond donors (Lipinski definition) is 1. The highest BCUT2D eigenvalue weighted by Gasteiger charge is 2.27. The molecule has 1 N–H and O–H groups in total. The van der Waals surface area contributed by atoms with Gasteiger partial charge in [0, 0.05) is 12.2 Å². The number of nitrogens with zero attached hydrogens (tertiary/aromatic N) is 1. The topological polar surface area (TPSA) is 34.0 Å². The van der Waals surface area contributed by atoms with Gasteiger partial charge in [-0.25, -0.2) is 0 Å². The first-order valence-corrected chi connectivity index (χ1v) is 10.7. The van der Waals surface area contributed by atoms with Crippen molar-refractivity contribution in [3.8, 4) is 0 Å². The third-order valence-corrected chi connectivity index (χ3v) is 6.17. The number of fused-ring (bicyclic) bond motifs is 1. The number of rotatable bonds is 5. The number of hydrogen-bond acceptors (Lipinski definition) is 1. The zero-order valence-electron chi connectivity index (χ0n) is 17.7. The molecule has 0 saturated carbocycles. The second kappa shape index (κ2) is 8.28. The van der Waals surface area contributed by atoms with Gasteiger partial charge in [0.15, 0.2) is 0 Å². The first kappa shape index (κ1) is 19.5. The van der Waals surface area contributed by atoms with Gasteiger partial charge in [0.25, 0.3) is 5.91 Å². The van der Waals surface area contributed by atoms with Crippen LogP contribution in [0.15, 0.2) is 54.6 Å². The summed E-state index contributed by atoms with van der Waals surface area (Å²) in [4.78, 5) is 13.4. The van der Waals surface area contributed by atoms with Crippen LogP contribution in [0.3, 0.4) is 0 Å². The zero-order valence-corrected chi connectivity index (χ0v) is 17.7. The van der Waals surface area contributed by atoms with Gasteiger partial charge in [-0.1, -0.05) is 60.2 Å². The Hall–Kier alpha value is -2.81. The van der Waals surface area contributed by atoms with Gasteiger partial charge in [-0.3, -0.25) is 4.79 Å². The van der Waals surface area contributed by atoms with Crippen molar-refractivity contribution in [1.82, 2.24) is 9.88 Å². The Morgan fingerprint density at radius 3 is 2.41 bits per heavy atom. The third kappa shape index (κ3) is 4.00. The second-order valence-electron chi connectivity index (χ2n) is 8.28. The maximum absolute atomic E-state index is 13.4. The van der Waals surface area contributed by atoms with Crippen LogP contribution in [0.2, 0.25) is 0 Å². The Labute approximate surface area is 173 Å². The number of amides is 1. The molecule has 3 heteroatoms. The normalized spacial score (nSPS) is 14.3. The fourth-order valence-electron chi connectivity index (χ4n) is 4.50. The Balaban J connectivity index is 1.68. The van der Waals surface area contributed by atoms with E-state index >= 15 is 0 Å². The standard InChI is InChI=1S/C26H30N2O/c1-18-13-15-21(16-14-18)17-28-24-12-8-7-11-23(24)19(2)25(28)26(29)27-20(3)22-9-5-4-6-10-22/h4-6,9-10,13-16,20H,7-8,11-12,17H2,1-3H3,(H,27,29). The van der Waals surface area contributed by atoms with Gasteiger partial charge >= 0.3 is 0 Å². The highest BCUT2D eigenvalue weighted by molar-refractivity contribution is 5.95. The van der Waals surface area contributed by atoms with Gasteiger partial charge in [-0.05, 0) is 68.7 Å². The number of benzene rings is 2. The average molecular weight is 387 g/mol. The minimum atomic E-state index is -0.0251. The molecule has 0 spiro atoms. The van der Waals surface area contributed by atoms with E-state index in [2.05, 4.69) is 67.1 Å². The van der Waals surface area contributed by atoms with E-state index in [1.54, 1.807) is 0 Å². The number of aryl methyl sites for hydroxylation is 1. The number of aromatic nitrogens is 1. The molecule has 0 bridgehead atoms. The van der Waals surface area contributed by atoms with Crippen LogP contribution >= 0.6 is 0 Å². The van der Waals surface area contributed by atoms with Crippen molar-refractivity contribution in [3.63, 3.8) is 0 Å². The van der Waals surface area contributed by atoms with Crippen LogP contribution in [0.1, 0.15) is 69.8 Å². The quantitative estimate of drug-likeness (QED) is 0.615. The maximum Gasteiger partial charge on any atom is 0.268 e. The molecule has 0 radical (unpaired) electrons. The lowest BCUT2D eigenvalue weighted by Crippen LogP contribution is -2.29. The Bertz CT molecular complexity index is 999. The van der Waals surface area contributed by atoms with Crippen LogP contribution in [-0.2, 0) is 19.4 Å². The molecular formula is C26H30N2O. The first-order valence-electron chi connectivity index (χ1n) is 10.7. The van der Waals surface area contributed by atoms with Gasteiger partial charge in [-0.2, -0.15) is 0 Å². The van der Waals surface area contributed by atoms with Crippen LogP contribution in [0.4, 0.5) is 0 Å². The van der Waals surface area contributed by atoms with Crippen molar-refractivity contribution < 1.29 is 4.79 Å². The van der Waals surface area contributed by atoms with Crippen molar-refractivity contribution in [2.24, 2.45) is 0 Å². The molecule has 4 rings (SSSR count). The number of carbonyl (C=O) groups excluding carboxylic acids is 1. The van der Waals surface area contributed by atoms with Crippen molar-refractivity contribution >= 4 is 5.91 Å². The lowest BCUT2D eigenvalue weighted by molar-refractivity contribution is 0.0930. The van der Waals surface area contributed by atoms with E-state index < -0.39 is 0 Å². The molecule has 0 fully saturated rings. The van der Waals surface area contributed by atoms with Gasteiger partial charge in [-0.15, -0.1) is 0 Å². The van der Waals surface area contributed by atoms with Crippen LogP contribution < -0.4 is 5.32 Å². The highest BCUT2D eigenvalue weighted by Crippen LogP contribution is 2.31. The molecule has 0 aliphatic heterocycles. The van der Waals surface area contributed by atoms with Gasteiger partial charge in [0.1, 0.15) is 5.69 Å². The fraction of sp³-hybridized carbons (Fsp3) is 0.346. The summed E-state index contributed by atoms with van der Waals surface area (Å²) < 4.78 is 2.28. The molecule has 3 nitrogen and oxygen atoms in total. The summed E-state index contributed by atoms with van der Waals surface area (Å²) in [6.45, 7) is 7.03. The zero-order chi connectivity index (χ0) is 20.4. The summed E-state index contributed by atoms with van der Waals surface area (Å²) >= 11 is 0. The summed E-state index contributed by atoms with van der Waals surface area (Å²) in [6.07, 6.45) is 4.55. The molecule has 29 heavy (non-hydrogen) atoms. The molecule has 1 amide bonds. The van der Waals surface area contributed by atoms with Crippen molar-refractivity contribution in [3.05, 3.63) is 93.8 Å². The summed E-state index contributed by atoms with van der Waals surface area (Å²) in [6, 6.07) is 18.8. The molecule has 1 unspecified atom stereocenters. The molecule has 2 aromatic carbocycles. The summed E-state index contributed by atoms with van der Waals surface area (Å²) in [7, 11) is 0. The fourth-order valence-corrected chi connectivity index (χ4v) is 4.50. The van der Waals surface area contributed by atoms with E-state index in [1.807, 2.05) is 18.2 Å². The summed E-state index contributed by atoms with van der Waals surface area (Å²) in [5.74, 6) is 0.0281. The van der Waals surface area contributed by atoms with E-state index in [1.165, 1.54) is 35.2 Å². The minimum absolute atomic E-state index is 0.0251. The minimum Gasteiger partial charge on any atom is -0.344 e. The first-order chi connectivity index (χ1) is 14.0. The molecule has 1 atom stereocenters. The second-order valence-corrected chi connectivity index (χ2v) is 8.28. The molecule has 3 aromatic rings. The van der Waals surface area contributed by atoms with Crippen molar-refractivity contribution in [2.45, 2.75) is 59.0 Å². The van der Waals surface area contributed by atoms with E-state index in [0.29, 0.717) is 0 Å². The van der Waals surface area contributed by atoms with Crippen LogP contribution in [0, 0.1) is 13.8 Å². The molecule has 1 aromatic heterocycles. The van der Waals surface area contributed by atoms with E-state index in [-0.39, 0.29) is 11.9 Å². The van der Waals surface area contributed by atoms with E-state index in [4.69, 9.17) is 0 Å². The monoisotopic (exact) mass is 386 g/mol. The lowest BCUT2D eigenvalue weighted by atomic mass is 9.95. The molecule has 1 heterocycles. The molecular weight excluding hydrogens is 356 g/mol. The smallest absolute Gasteiger partial charge is 0.268 e. The number of carbonyl (C=O) groups is 1. The Kier molecular flexibility index (Phi) is 5.57. The molecule has 1 aliphatic rings. The van der Waals surface area contributed by atoms with Crippen LogP contribution in [-0.4, -0.2) is 10.5 Å². The molecule has 150 valence electrons. The largest absolute Gasteiger partial charge is 0.344 e. The predicted molar refractivity (Wildman–Crippen MR) is 118 cm³/mol. The average Bonchev–Trinajstić information content (AvgIpc) is 3.02. The van der Waals surface area contributed by atoms with Gasteiger partial charge in [0.05, 0.1) is 6.04 Å². The maximum atomic E-state index is 13.4. The van der Waals surface area contributed by atoms with Gasteiger partial charge in [0.2, 0.25) is 0 Å². The summed E-state index contributed by atoms with van der Waals surface area (Å²) in [5.41, 5.74) is 8.36. The summed E-state index contributed by atoms with van der Waals surface area (Å²) in [5, 5.41) is 3.24. The van der Waals surface area contributed by atoms with E-state index in [9.17, 15) is 4.79 Å². The van der Waals surface area contributed by atoms with E-state index in [0.717, 1.165) is 36.2 Å². The third-order valence-electron chi connectivity index (χ3n) is 6.17. The molecule has 0 saturated heterocycles. The van der Waals surface area contributed by atoms with Crippen molar-refractivity contribution in [2.75, 3.05) is 0 Å².